The highest BCUT2D eigenvalue weighted by Gasteiger charge is 2.17. The quantitative estimate of drug-likeness (QED) is 0.672. The van der Waals surface area contributed by atoms with E-state index >= 15 is 0 Å². The molecule has 6 nitrogen and oxygen atoms in total. The lowest BCUT2D eigenvalue weighted by atomic mass is 9.93. The lowest BCUT2D eigenvalue weighted by molar-refractivity contribution is 0.0907. The van der Waals surface area contributed by atoms with Crippen molar-refractivity contribution in [3.05, 3.63) is 58.4 Å². The summed E-state index contributed by atoms with van der Waals surface area (Å²) in [5.41, 5.74) is 1.64. The fourth-order valence-electron chi connectivity index (χ4n) is 2.04. The van der Waals surface area contributed by atoms with Gasteiger partial charge in [0.25, 0.3) is 0 Å². The Morgan fingerprint density at radius 3 is 2.75 bits per heavy atom. The SMILES string of the molecule is [B]c1cc(-c2noc(C(=O)NCc3ccccc3)n2)cc(Br)c1O. The van der Waals surface area contributed by atoms with Crippen LogP contribution in [0.2, 0.25) is 0 Å². The minimum atomic E-state index is -0.469. The van der Waals surface area contributed by atoms with E-state index in [9.17, 15) is 9.90 Å². The predicted octanol–water partition coefficient (Wildman–Crippen LogP) is 1.93. The van der Waals surface area contributed by atoms with E-state index < -0.39 is 5.91 Å². The summed E-state index contributed by atoms with van der Waals surface area (Å²) in [6, 6.07) is 12.6. The Morgan fingerprint density at radius 1 is 1.29 bits per heavy atom. The van der Waals surface area contributed by atoms with Crippen LogP contribution in [-0.4, -0.2) is 29.0 Å². The average Bonchev–Trinajstić information content (AvgIpc) is 3.08. The van der Waals surface area contributed by atoms with Gasteiger partial charge in [-0.25, -0.2) is 0 Å². The maximum Gasteiger partial charge on any atom is 0.316 e. The van der Waals surface area contributed by atoms with E-state index in [2.05, 4.69) is 31.4 Å². The highest BCUT2D eigenvalue weighted by molar-refractivity contribution is 9.10. The highest BCUT2D eigenvalue weighted by atomic mass is 79.9. The van der Waals surface area contributed by atoms with Crippen LogP contribution in [0.4, 0.5) is 0 Å². The van der Waals surface area contributed by atoms with Crippen molar-refractivity contribution in [2.45, 2.75) is 6.54 Å². The van der Waals surface area contributed by atoms with Crippen LogP contribution < -0.4 is 10.8 Å². The summed E-state index contributed by atoms with van der Waals surface area (Å²) in [6.45, 7) is 0.356. The fourth-order valence-corrected chi connectivity index (χ4v) is 2.51. The molecule has 24 heavy (non-hydrogen) atoms. The predicted molar refractivity (Wildman–Crippen MR) is 92.1 cm³/mol. The number of benzene rings is 2. The molecule has 2 radical (unpaired) electrons. The van der Waals surface area contributed by atoms with Gasteiger partial charge in [-0.2, -0.15) is 4.98 Å². The van der Waals surface area contributed by atoms with E-state index in [4.69, 9.17) is 12.4 Å². The number of hydrogen-bond donors (Lipinski definition) is 2. The number of nitrogens with one attached hydrogen (secondary N) is 1. The van der Waals surface area contributed by atoms with E-state index in [1.807, 2.05) is 30.3 Å². The summed E-state index contributed by atoms with van der Waals surface area (Å²) in [7, 11) is 5.69. The number of amides is 1. The zero-order valence-electron chi connectivity index (χ0n) is 12.4. The Morgan fingerprint density at radius 2 is 2.04 bits per heavy atom. The molecule has 1 heterocycles. The van der Waals surface area contributed by atoms with Crippen LogP contribution in [0.15, 0.2) is 51.5 Å². The second-order valence-electron chi connectivity index (χ2n) is 4.99. The van der Waals surface area contributed by atoms with Gasteiger partial charge in [0.15, 0.2) is 0 Å². The number of hydrogen-bond acceptors (Lipinski definition) is 5. The molecule has 0 spiro atoms. The van der Waals surface area contributed by atoms with Crippen LogP contribution in [0.1, 0.15) is 16.2 Å². The van der Waals surface area contributed by atoms with Crippen LogP contribution in [0.25, 0.3) is 11.4 Å². The topological polar surface area (TPSA) is 88.3 Å². The fraction of sp³-hybridized carbons (Fsp3) is 0.0625. The van der Waals surface area contributed by atoms with Gasteiger partial charge >= 0.3 is 11.8 Å². The molecule has 0 atom stereocenters. The van der Waals surface area contributed by atoms with Crippen LogP contribution in [-0.2, 0) is 6.54 Å². The Hall–Kier alpha value is -2.61. The third kappa shape index (κ3) is 3.49. The van der Waals surface area contributed by atoms with Crippen LogP contribution in [0, 0.1) is 0 Å². The Bertz CT molecular complexity index is 860. The molecule has 0 fully saturated rings. The molecule has 1 aromatic heterocycles. The van der Waals surface area contributed by atoms with Crippen molar-refractivity contribution in [3.8, 4) is 17.1 Å². The zero-order valence-corrected chi connectivity index (χ0v) is 13.9. The first-order valence-corrected chi connectivity index (χ1v) is 7.78. The van der Waals surface area contributed by atoms with Gasteiger partial charge in [-0.3, -0.25) is 4.79 Å². The molecule has 0 bridgehead atoms. The highest BCUT2D eigenvalue weighted by Crippen LogP contribution is 2.26. The lowest BCUT2D eigenvalue weighted by Gasteiger charge is -2.04. The average molecular weight is 384 g/mol. The number of aromatic nitrogens is 2. The summed E-state index contributed by atoms with van der Waals surface area (Å²) < 4.78 is 5.39. The van der Waals surface area contributed by atoms with Gasteiger partial charge in [0.1, 0.15) is 13.6 Å². The van der Waals surface area contributed by atoms with Crippen molar-refractivity contribution in [3.63, 3.8) is 0 Å². The standard InChI is InChI=1S/C16H11BBrN3O3/c17-11-6-10(7-12(18)13(11)22)14-20-16(24-21-14)15(23)19-8-9-4-2-1-3-5-9/h1-7,22H,8H2,(H,19,23). The minimum absolute atomic E-state index is 0.0666. The first-order valence-electron chi connectivity index (χ1n) is 6.99. The number of aromatic hydroxyl groups is 1. The molecule has 0 aliphatic carbocycles. The van der Waals surface area contributed by atoms with E-state index in [0.717, 1.165) is 5.56 Å². The monoisotopic (exact) mass is 383 g/mol. The van der Waals surface area contributed by atoms with Gasteiger partial charge in [-0.1, -0.05) is 47.0 Å². The van der Waals surface area contributed by atoms with Gasteiger partial charge < -0.3 is 14.9 Å². The molecule has 2 aromatic carbocycles. The number of carbonyl (C=O) groups is 1. The molecule has 3 aromatic rings. The number of carbonyl (C=O) groups excluding carboxylic acids is 1. The maximum atomic E-state index is 12.1. The molecule has 118 valence electrons. The van der Waals surface area contributed by atoms with E-state index in [1.54, 1.807) is 6.07 Å². The zero-order chi connectivity index (χ0) is 17.1. The molecule has 3 rings (SSSR count). The molecule has 0 saturated carbocycles. The molecule has 0 aliphatic rings. The van der Waals surface area contributed by atoms with Crippen LogP contribution in [0.5, 0.6) is 5.75 Å². The third-order valence-corrected chi connectivity index (χ3v) is 3.87. The Kier molecular flexibility index (Phi) is 4.66. The van der Waals surface area contributed by atoms with Crippen LogP contribution >= 0.6 is 15.9 Å². The Balaban J connectivity index is 1.74. The molecule has 2 N–H and O–H groups in total. The number of rotatable bonds is 4. The number of phenolic OH excluding ortho intramolecular Hbond substituents is 1. The van der Waals surface area contributed by atoms with E-state index in [1.165, 1.54) is 6.07 Å². The largest absolute Gasteiger partial charge is 0.507 e. The smallest absolute Gasteiger partial charge is 0.316 e. The summed E-state index contributed by atoms with van der Waals surface area (Å²) in [5, 5.41) is 16.1. The molecule has 0 aliphatic heterocycles. The second kappa shape index (κ2) is 6.88. The number of halogens is 1. The normalized spacial score (nSPS) is 10.5. The molecular weight excluding hydrogens is 373 g/mol. The molecule has 8 heteroatoms. The first-order chi connectivity index (χ1) is 11.5. The van der Waals surface area contributed by atoms with Gasteiger partial charge in [0.2, 0.25) is 5.82 Å². The van der Waals surface area contributed by atoms with Crippen molar-refractivity contribution in [1.82, 2.24) is 15.5 Å². The minimum Gasteiger partial charge on any atom is -0.507 e. The summed E-state index contributed by atoms with van der Waals surface area (Å²) in [5.74, 6) is -0.484. The molecule has 1 amide bonds. The number of nitrogens with zero attached hydrogens (tertiary/aromatic N) is 2. The summed E-state index contributed by atoms with van der Waals surface area (Å²) in [6.07, 6.45) is 0. The molecule has 0 saturated heterocycles. The van der Waals surface area contributed by atoms with Gasteiger partial charge in [0, 0.05) is 12.1 Å². The first kappa shape index (κ1) is 16.3. The number of phenols is 1. The molecular formula is C16H11BBrN3O3. The Labute approximate surface area is 147 Å². The maximum absolute atomic E-state index is 12.1. The third-order valence-electron chi connectivity index (χ3n) is 3.27. The summed E-state index contributed by atoms with van der Waals surface area (Å²) in [4.78, 5) is 16.1. The van der Waals surface area contributed by atoms with E-state index in [-0.39, 0.29) is 22.9 Å². The van der Waals surface area contributed by atoms with Gasteiger partial charge in [-0.15, -0.1) is 0 Å². The van der Waals surface area contributed by atoms with Crippen molar-refractivity contribution in [2.24, 2.45) is 0 Å². The van der Waals surface area contributed by atoms with Crippen molar-refractivity contribution >= 4 is 35.1 Å². The van der Waals surface area contributed by atoms with Gasteiger partial charge in [-0.05, 0) is 27.6 Å². The van der Waals surface area contributed by atoms with Crippen molar-refractivity contribution in [2.75, 3.05) is 0 Å². The van der Waals surface area contributed by atoms with Crippen LogP contribution in [0.3, 0.4) is 0 Å². The van der Waals surface area contributed by atoms with Crippen molar-refractivity contribution < 1.29 is 14.4 Å². The molecule has 0 unspecified atom stereocenters. The summed E-state index contributed by atoms with van der Waals surface area (Å²) >= 11 is 3.19. The van der Waals surface area contributed by atoms with Gasteiger partial charge in [0.05, 0.1) is 4.47 Å². The lowest BCUT2D eigenvalue weighted by Crippen LogP contribution is -2.23. The van der Waals surface area contributed by atoms with E-state index in [0.29, 0.717) is 16.6 Å². The second-order valence-corrected chi connectivity index (χ2v) is 5.84. The van der Waals surface area contributed by atoms with Crippen molar-refractivity contribution in [1.29, 1.82) is 0 Å².